The maximum absolute atomic E-state index is 12.4. The number of amides is 1. The number of nitrogens with one attached hydrogen (secondary N) is 1. The van der Waals surface area contributed by atoms with Crippen LogP contribution in [0.5, 0.6) is 0 Å². The molecule has 106 valence electrons. The van der Waals surface area contributed by atoms with Crippen LogP contribution in [0.4, 0.5) is 5.69 Å². The van der Waals surface area contributed by atoms with E-state index >= 15 is 0 Å². The molecule has 0 aliphatic heterocycles. The van der Waals surface area contributed by atoms with Crippen molar-refractivity contribution in [3.63, 3.8) is 0 Å². The van der Waals surface area contributed by atoms with Crippen LogP contribution in [-0.4, -0.2) is 35.4 Å². The number of nitrogens with two attached hydrogens (primary N) is 1. The van der Waals surface area contributed by atoms with Gasteiger partial charge in [0, 0.05) is 12.5 Å². The number of thiophene rings is 1. The summed E-state index contributed by atoms with van der Waals surface area (Å²) in [7, 11) is 1.68. The molecule has 2 atom stereocenters. The lowest BCUT2D eigenvalue weighted by Gasteiger charge is -2.19. The highest BCUT2D eigenvalue weighted by Gasteiger charge is 2.29. The minimum Gasteiger partial charge on any atom is -0.397 e. The van der Waals surface area contributed by atoms with Gasteiger partial charge in [0.25, 0.3) is 5.91 Å². The zero-order valence-electron chi connectivity index (χ0n) is 11.1. The Bertz CT molecular complexity index is 642. The van der Waals surface area contributed by atoms with Gasteiger partial charge in [-0.3, -0.25) is 4.79 Å². The van der Waals surface area contributed by atoms with Gasteiger partial charge in [-0.1, -0.05) is 0 Å². The van der Waals surface area contributed by atoms with Crippen molar-refractivity contribution in [3.05, 3.63) is 17.1 Å². The first-order valence-electron chi connectivity index (χ1n) is 6.54. The molecule has 0 bridgehead atoms. The highest BCUT2D eigenvalue weighted by Crippen LogP contribution is 2.32. The molecular formula is C13H16N4O2S. The van der Waals surface area contributed by atoms with Crippen molar-refractivity contribution in [2.24, 2.45) is 0 Å². The largest absolute Gasteiger partial charge is 0.397 e. The molecule has 6 nitrogen and oxygen atoms in total. The van der Waals surface area contributed by atoms with Crippen LogP contribution in [-0.2, 0) is 4.74 Å². The van der Waals surface area contributed by atoms with Gasteiger partial charge < -0.3 is 15.8 Å². The van der Waals surface area contributed by atoms with E-state index in [9.17, 15) is 4.79 Å². The number of ether oxygens (including phenoxy) is 1. The van der Waals surface area contributed by atoms with Gasteiger partial charge in [0.15, 0.2) is 0 Å². The SMILES string of the molecule is COC1CCCC1NC(=O)c1sc2nnccc2c1N. The Kier molecular flexibility index (Phi) is 3.54. The molecule has 2 aromatic heterocycles. The van der Waals surface area contributed by atoms with E-state index in [1.54, 1.807) is 19.4 Å². The van der Waals surface area contributed by atoms with Gasteiger partial charge in [0.05, 0.1) is 24.0 Å². The van der Waals surface area contributed by atoms with Crippen molar-refractivity contribution in [2.45, 2.75) is 31.4 Å². The number of hydrogen-bond donors (Lipinski definition) is 2. The maximum atomic E-state index is 12.4. The second-order valence-electron chi connectivity index (χ2n) is 4.88. The lowest BCUT2D eigenvalue weighted by Crippen LogP contribution is -2.40. The first kappa shape index (κ1) is 13.3. The van der Waals surface area contributed by atoms with Crippen molar-refractivity contribution < 1.29 is 9.53 Å². The van der Waals surface area contributed by atoms with Crippen molar-refractivity contribution in [3.8, 4) is 0 Å². The summed E-state index contributed by atoms with van der Waals surface area (Å²) >= 11 is 1.27. The van der Waals surface area contributed by atoms with E-state index in [2.05, 4.69) is 15.5 Å². The zero-order valence-corrected chi connectivity index (χ0v) is 11.9. The number of rotatable bonds is 3. The standard InChI is InChI=1S/C13H16N4O2S/c1-19-9-4-2-3-8(9)16-12(18)11-10(14)7-5-6-15-17-13(7)20-11/h5-6,8-9H,2-4,14H2,1H3,(H,16,18). The van der Waals surface area contributed by atoms with Crippen molar-refractivity contribution in [2.75, 3.05) is 12.8 Å². The number of methoxy groups -OCH3 is 1. The van der Waals surface area contributed by atoms with Crippen molar-refractivity contribution >= 4 is 33.1 Å². The summed E-state index contributed by atoms with van der Waals surface area (Å²) in [5.41, 5.74) is 6.51. The fourth-order valence-corrected chi connectivity index (χ4v) is 3.59. The molecule has 0 saturated heterocycles. The van der Waals surface area contributed by atoms with Gasteiger partial charge >= 0.3 is 0 Å². The number of anilines is 1. The first-order chi connectivity index (χ1) is 9.70. The summed E-state index contributed by atoms with van der Waals surface area (Å²) in [5.74, 6) is -0.153. The maximum Gasteiger partial charge on any atom is 0.263 e. The Morgan fingerprint density at radius 2 is 2.40 bits per heavy atom. The van der Waals surface area contributed by atoms with Crippen molar-refractivity contribution in [1.82, 2.24) is 15.5 Å². The van der Waals surface area contributed by atoms with Gasteiger partial charge in [0.1, 0.15) is 9.71 Å². The molecule has 0 radical (unpaired) electrons. The average molecular weight is 292 g/mol. The lowest BCUT2D eigenvalue weighted by atomic mass is 10.2. The monoisotopic (exact) mass is 292 g/mol. The molecular weight excluding hydrogens is 276 g/mol. The van der Waals surface area contributed by atoms with Crippen LogP contribution in [0.2, 0.25) is 0 Å². The molecule has 1 aliphatic carbocycles. The lowest BCUT2D eigenvalue weighted by molar-refractivity contribution is 0.0725. The number of hydrogen-bond acceptors (Lipinski definition) is 6. The van der Waals surface area contributed by atoms with Crippen LogP contribution in [0.25, 0.3) is 10.2 Å². The molecule has 3 N–H and O–H groups in total. The molecule has 2 aromatic rings. The molecule has 2 heterocycles. The summed E-state index contributed by atoms with van der Waals surface area (Å²) < 4.78 is 5.38. The Labute approximate surface area is 120 Å². The third kappa shape index (κ3) is 2.23. The average Bonchev–Trinajstić information content (AvgIpc) is 3.04. The number of nitrogen functional groups attached to an aromatic ring is 1. The first-order valence-corrected chi connectivity index (χ1v) is 7.35. The number of nitrogens with zero attached hydrogens (tertiary/aromatic N) is 2. The molecule has 2 unspecified atom stereocenters. The Morgan fingerprint density at radius 3 is 3.15 bits per heavy atom. The van der Waals surface area contributed by atoms with Crippen LogP contribution in [0.3, 0.4) is 0 Å². The molecule has 0 aromatic carbocycles. The predicted octanol–water partition coefficient (Wildman–Crippen LogP) is 1.57. The Hall–Kier alpha value is -1.73. The van der Waals surface area contributed by atoms with Crippen LogP contribution in [0.15, 0.2) is 12.3 Å². The van der Waals surface area contributed by atoms with Crippen LogP contribution < -0.4 is 11.1 Å². The summed E-state index contributed by atoms with van der Waals surface area (Å²) in [4.78, 5) is 13.6. The second-order valence-corrected chi connectivity index (χ2v) is 5.88. The van der Waals surface area contributed by atoms with Gasteiger partial charge in [-0.15, -0.1) is 16.4 Å². The summed E-state index contributed by atoms with van der Waals surface area (Å²) in [6.07, 6.45) is 4.65. The molecule has 0 spiro atoms. The molecule has 1 fully saturated rings. The molecule has 1 saturated carbocycles. The highest BCUT2D eigenvalue weighted by atomic mass is 32.1. The van der Waals surface area contributed by atoms with E-state index in [1.807, 2.05) is 0 Å². The zero-order chi connectivity index (χ0) is 14.1. The van der Waals surface area contributed by atoms with Gasteiger partial charge in [-0.2, -0.15) is 5.10 Å². The molecule has 7 heteroatoms. The Balaban J connectivity index is 1.84. The minimum absolute atomic E-state index is 0.0585. The fraction of sp³-hybridized carbons (Fsp3) is 0.462. The number of carbonyl (C=O) groups is 1. The minimum atomic E-state index is -0.153. The number of carbonyl (C=O) groups excluding carboxylic acids is 1. The van der Waals surface area contributed by atoms with Crippen molar-refractivity contribution in [1.29, 1.82) is 0 Å². The van der Waals surface area contributed by atoms with Crippen LogP contribution >= 0.6 is 11.3 Å². The quantitative estimate of drug-likeness (QED) is 0.896. The van der Waals surface area contributed by atoms with Gasteiger partial charge in [-0.25, -0.2) is 0 Å². The fourth-order valence-electron chi connectivity index (χ4n) is 2.65. The topological polar surface area (TPSA) is 90.1 Å². The normalized spacial score (nSPS) is 22.2. The number of aromatic nitrogens is 2. The molecule has 3 rings (SSSR count). The van der Waals surface area contributed by atoms with E-state index in [0.717, 1.165) is 24.6 Å². The third-order valence-electron chi connectivity index (χ3n) is 3.70. The predicted molar refractivity (Wildman–Crippen MR) is 77.7 cm³/mol. The molecule has 1 aliphatic rings. The highest BCUT2D eigenvalue weighted by molar-refractivity contribution is 7.21. The van der Waals surface area contributed by atoms with Gasteiger partial charge in [0.2, 0.25) is 0 Å². The summed E-state index contributed by atoms with van der Waals surface area (Å²) in [5, 5.41) is 11.6. The van der Waals surface area contributed by atoms with Gasteiger partial charge in [-0.05, 0) is 25.3 Å². The van der Waals surface area contributed by atoms with E-state index < -0.39 is 0 Å². The van der Waals surface area contributed by atoms with Crippen LogP contribution in [0.1, 0.15) is 28.9 Å². The second kappa shape index (κ2) is 5.34. The summed E-state index contributed by atoms with van der Waals surface area (Å²) in [6.45, 7) is 0. The van der Waals surface area contributed by atoms with Crippen LogP contribution in [0, 0.1) is 0 Å². The van der Waals surface area contributed by atoms with E-state index in [0.29, 0.717) is 15.4 Å². The van der Waals surface area contributed by atoms with E-state index in [4.69, 9.17) is 10.5 Å². The molecule has 20 heavy (non-hydrogen) atoms. The van der Waals surface area contributed by atoms with E-state index in [-0.39, 0.29) is 18.1 Å². The Morgan fingerprint density at radius 1 is 1.55 bits per heavy atom. The van der Waals surface area contributed by atoms with E-state index in [1.165, 1.54) is 11.3 Å². The smallest absolute Gasteiger partial charge is 0.263 e. The summed E-state index contributed by atoms with van der Waals surface area (Å²) in [6, 6.07) is 1.83. The number of fused-ring (bicyclic) bond motifs is 1. The third-order valence-corrected chi connectivity index (χ3v) is 4.80. The molecule has 1 amide bonds.